The van der Waals surface area contributed by atoms with Crippen LogP contribution in [-0.2, 0) is 0 Å². The van der Waals surface area contributed by atoms with Crippen LogP contribution in [0, 0.1) is 0 Å². The van der Waals surface area contributed by atoms with Crippen molar-refractivity contribution in [1.82, 2.24) is 0 Å². The van der Waals surface area contributed by atoms with E-state index in [-0.39, 0.29) is 0 Å². The lowest BCUT2D eigenvalue weighted by atomic mass is 10.0. The average molecular weight is 250 g/mol. The van der Waals surface area contributed by atoms with E-state index < -0.39 is 0 Å². The highest BCUT2D eigenvalue weighted by Crippen LogP contribution is 2.15. The third-order valence-corrected chi connectivity index (χ3v) is 2.92. The van der Waals surface area contributed by atoms with Crippen LogP contribution in [0.1, 0.15) is 11.1 Å². The number of nitrogens with zero attached hydrogens (tertiary/aromatic N) is 2. The Morgan fingerprint density at radius 2 is 1.00 bits per heavy atom. The highest BCUT2D eigenvalue weighted by atomic mass is 32.1. The van der Waals surface area contributed by atoms with Gasteiger partial charge in [0.15, 0.2) is 0 Å². The predicted molar refractivity (Wildman–Crippen MR) is 78.6 cm³/mol. The molecule has 3 heteroatoms. The Hall–Kier alpha value is -2.13. The van der Waals surface area contributed by atoms with Gasteiger partial charge in [0, 0.05) is 11.1 Å². The first-order valence-corrected chi connectivity index (χ1v) is 6.08. The SMILES string of the molecule is S=C1N=C(c2ccccc2)C(c2ccccc2)=N1. The molecule has 0 aromatic heterocycles. The van der Waals surface area contributed by atoms with Crippen molar-refractivity contribution >= 4 is 28.8 Å². The van der Waals surface area contributed by atoms with Gasteiger partial charge >= 0.3 is 0 Å². The summed E-state index contributed by atoms with van der Waals surface area (Å²) in [6.45, 7) is 0. The van der Waals surface area contributed by atoms with Crippen LogP contribution in [-0.4, -0.2) is 16.5 Å². The third kappa shape index (κ3) is 2.00. The largest absolute Gasteiger partial charge is 0.220 e. The maximum absolute atomic E-state index is 5.10. The van der Waals surface area contributed by atoms with E-state index >= 15 is 0 Å². The summed E-state index contributed by atoms with van der Waals surface area (Å²) >= 11 is 5.10. The average Bonchev–Trinajstić information content (AvgIpc) is 2.83. The van der Waals surface area contributed by atoms with Crippen LogP contribution in [0.2, 0.25) is 0 Å². The normalized spacial score (nSPS) is 14.3. The lowest BCUT2D eigenvalue weighted by Crippen LogP contribution is -2.13. The standard InChI is InChI=1S/C15H10N2S/c18-15-16-13(11-7-3-1-4-8-11)14(17-15)12-9-5-2-6-10-12/h1-10H. The molecule has 0 amide bonds. The Balaban J connectivity index is 2.09. The lowest BCUT2D eigenvalue weighted by molar-refractivity contribution is 1.63. The van der Waals surface area contributed by atoms with E-state index in [4.69, 9.17) is 12.2 Å². The van der Waals surface area contributed by atoms with Gasteiger partial charge in [0.1, 0.15) is 0 Å². The third-order valence-electron chi connectivity index (χ3n) is 2.73. The van der Waals surface area contributed by atoms with Crippen LogP contribution < -0.4 is 0 Å². The predicted octanol–water partition coefficient (Wildman–Crippen LogP) is 3.26. The Kier molecular flexibility index (Phi) is 2.82. The van der Waals surface area contributed by atoms with Crippen molar-refractivity contribution < 1.29 is 0 Å². The van der Waals surface area contributed by atoms with Crippen molar-refractivity contribution in [3.63, 3.8) is 0 Å². The molecule has 0 aliphatic carbocycles. The number of hydrogen-bond donors (Lipinski definition) is 0. The molecule has 1 heterocycles. The number of rotatable bonds is 2. The van der Waals surface area contributed by atoms with Crippen LogP contribution in [0.15, 0.2) is 70.6 Å². The molecule has 2 nitrogen and oxygen atoms in total. The highest BCUT2D eigenvalue weighted by Gasteiger charge is 2.19. The van der Waals surface area contributed by atoms with E-state index in [1.54, 1.807) is 0 Å². The molecule has 3 rings (SSSR count). The molecule has 1 aliphatic rings. The second kappa shape index (κ2) is 4.63. The van der Waals surface area contributed by atoms with Crippen molar-refractivity contribution in [2.45, 2.75) is 0 Å². The molecular weight excluding hydrogens is 240 g/mol. The van der Waals surface area contributed by atoms with Crippen molar-refractivity contribution in [1.29, 1.82) is 0 Å². The molecule has 0 unspecified atom stereocenters. The molecular formula is C15H10N2S. The van der Waals surface area contributed by atoms with Gasteiger partial charge in [-0.3, -0.25) is 0 Å². The maximum atomic E-state index is 5.10. The minimum Gasteiger partial charge on any atom is -0.216 e. The zero-order valence-corrected chi connectivity index (χ0v) is 10.4. The number of thiocarbonyl (C=S) groups is 1. The molecule has 0 saturated carbocycles. The van der Waals surface area contributed by atoms with E-state index in [0.717, 1.165) is 22.6 Å². The fourth-order valence-corrected chi connectivity index (χ4v) is 2.10. The Labute approximate surface area is 111 Å². The highest BCUT2D eigenvalue weighted by molar-refractivity contribution is 7.80. The van der Waals surface area contributed by atoms with Crippen LogP contribution in [0.4, 0.5) is 0 Å². The molecule has 0 radical (unpaired) electrons. The molecule has 1 aliphatic heterocycles. The van der Waals surface area contributed by atoms with Gasteiger partial charge in [-0.25, -0.2) is 9.98 Å². The van der Waals surface area contributed by atoms with Crippen LogP contribution in [0.25, 0.3) is 0 Å². The first-order valence-electron chi connectivity index (χ1n) is 5.67. The van der Waals surface area contributed by atoms with E-state index in [1.165, 1.54) is 0 Å². The molecule has 0 saturated heterocycles. The molecule has 0 spiro atoms. The Morgan fingerprint density at radius 1 is 0.611 bits per heavy atom. The van der Waals surface area contributed by atoms with Gasteiger partial charge in [-0.1, -0.05) is 60.7 Å². The fourth-order valence-electron chi connectivity index (χ4n) is 1.92. The van der Waals surface area contributed by atoms with Gasteiger partial charge in [-0.15, -0.1) is 0 Å². The number of hydrogen-bond acceptors (Lipinski definition) is 1. The maximum Gasteiger partial charge on any atom is 0.220 e. The first-order chi connectivity index (χ1) is 8.84. The minimum absolute atomic E-state index is 0.396. The van der Waals surface area contributed by atoms with Gasteiger partial charge < -0.3 is 0 Å². The topological polar surface area (TPSA) is 24.7 Å². The number of aliphatic imine (C=N–C) groups is 2. The summed E-state index contributed by atoms with van der Waals surface area (Å²) in [5.74, 6) is 0. The zero-order chi connectivity index (χ0) is 12.4. The van der Waals surface area contributed by atoms with E-state index in [2.05, 4.69) is 9.98 Å². The molecule has 0 N–H and O–H groups in total. The minimum atomic E-state index is 0.396. The summed E-state index contributed by atoms with van der Waals surface area (Å²) in [7, 11) is 0. The molecule has 18 heavy (non-hydrogen) atoms. The van der Waals surface area contributed by atoms with Gasteiger partial charge in [-0.2, -0.15) is 0 Å². The van der Waals surface area contributed by atoms with Crippen molar-refractivity contribution in [2.24, 2.45) is 9.98 Å². The summed E-state index contributed by atoms with van der Waals surface area (Å²) in [6.07, 6.45) is 0. The van der Waals surface area contributed by atoms with Gasteiger partial charge in [0.05, 0.1) is 11.4 Å². The zero-order valence-electron chi connectivity index (χ0n) is 9.58. The summed E-state index contributed by atoms with van der Waals surface area (Å²) in [6, 6.07) is 20.0. The van der Waals surface area contributed by atoms with Gasteiger partial charge in [-0.05, 0) is 12.2 Å². The smallest absolute Gasteiger partial charge is 0.216 e. The second-order valence-electron chi connectivity index (χ2n) is 3.94. The van der Waals surface area contributed by atoms with E-state index in [0.29, 0.717) is 5.11 Å². The molecule has 2 aromatic carbocycles. The van der Waals surface area contributed by atoms with Crippen molar-refractivity contribution in [3.05, 3.63) is 71.8 Å². The van der Waals surface area contributed by atoms with E-state index in [1.807, 2.05) is 60.7 Å². The molecule has 0 atom stereocenters. The Morgan fingerprint density at radius 3 is 1.39 bits per heavy atom. The summed E-state index contributed by atoms with van der Waals surface area (Å²) in [4.78, 5) is 8.72. The lowest BCUT2D eigenvalue weighted by Gasteiger charge is -2.04. The Bertz CT molecular complexity index is 585. The molecule has 0 bridgehead atoms. The number of benzene rings is 2. The van der Waals surface area contributed by atoms with Crippen molar-refractivity contribution in [3.8, 4) is 0 Å². The summed E-state index contributed by atoms with van der Waals surface area (Å²) in [5.41, 5.74) is 3.79. The quantitative estimate of drug-likeness (QED) is 0.751. The molecule has 0 fully saturated rings. The van der Waals surface area contributed by atoms with Crippen molar-refractivity contribution in [2.75, 3.05) is 0 Å². The fraction of sp³-hybridized carbons (Fsp3) is 0. The first kappa shape index (κ1) is 11.0. The van der Waals surface area contributed by atoms with Crippen LogP contribution in [0.5, 0.6) is 0 Å². The van der Waals surface area contributed by atoms with Crippen LogP contribution in [0.3, 0.4) is 0 Å². The second-order valence-corrected chi connectivity index (χ2v) is 4.30. The van der Waals surface area contributed by atoms with Gasteiger partial charge in [0.2, 0.25) is 5.11 Å². The monoisotopic (exact) mass is 250 g/mol. The van der Waals surface area contributed by atoms with Crippen LogP contribution >= 0.6 is 12.2 Å². The molecule has 86 valence electrons. The molecule has 2 aromatic rings. The van der Waals surface area contributed by atoms with Gasteiger partial charge in [0.25, 0.3) is 0 Å². The summed E-state index contributed by atoms with van der Waals surface area (Å²) in [5, 5.41) is 0.396. The summed E-state index contributed by atoms with van der Waals surface area (Å²) < 4.78 is 0. The van der Waals surface area contributed by atoms with E-state index in [9.17, 15) is 0 Å².